The second kappa shape index (κ2) is 9.63. The van der Waals surface area contributed by atoms with Gasteiger partial charge in [0, 0.05) is 72.0 Å². The summed E-state index contributed by atoms with van der Waals surface area (Å²) in [6.45, 7) is 1.02. The molecule has 0 aliphatic rings. The van der Waals surface area contributed by atoms with Crippen LogP contribution in [0.15, 0.2) is 92.3 Å². The van der Waals surface area contributed by atoms with Crippen LogP contribution in [0.25, 0.3) is 22.0 Å². The van der Waals surface area contributed by atoms with Gasteiger partial charge in [-0.25, -0.2) is 15.0 Å². The molecule has 176 valence electrons. The lowest BCUT2D eigenvalue weighted by Crippen LogP contribution is -2.02. The van der Waals surface area contributed by atoms with Crippen molar-refractivity contribution in [3.05, 3.63) is 104 Å². The number of aromatic nitrogens is 8. The Hall–Kier alpha value is -5.12. The van der Waals surface area contributed by atoms with Crippen molar-refractivity contribution in [1.29, 1.82) is 0 Å². The highest BCUT2D eigenvalue weighted by atomic mass is 16.5. The van der Waals surface area contributed by atoms with Crippen molar-refractivity contribution in [2.45, 2.75) is 13.2 Å². The number of benzene rings is 2. The predicted molar refractivity (Wildman–Crippen MR) is 135 cm³/mol. The lowest BCUT2D eigenvalue weighted by Gasteiger charge is -2.13. The Morgan fingerprint density at radius 3 is 2.81 bits per heavy atom. The molecule has 0 aliphatic carbocycles. The van der Waals surface area contributed by atoms with E-state index in [-0.39, 0.29) is 6.61 Å². The maximum atomic E-state index is 6.15. The highest BCUT2D eigenvalue weighted by Gasteiger charge is 2.13. The SMILES string of the molecule is c1cc(Cn2ccnc2)cc(Nc2ncc3cc(-c4cn[nH]c4)c(OCc4cnccn4)cc3n2)c1. The first-order valence-corrected chi connectivity index (χ1v) is 11.3. The molecule has 36 heavy (non-hydrogen) atoms. The summed E-state index contributed by atoms with van der Waals surface area (Å²) in [4.78, 5) is 21.8. The van der Waals surface area contributed by atoms with Crippen molar-refractivity contribution in [2.24, 2.45) is 0 Å². The van der Waals surface area contributed by atoms with Crippen molar-refractivity contribution in [1.82, 2.24) is 39.7 Å². The molecule has 4 aromatic heterocycles. The Labute approximate surface area is 206 Å². The third-order valence-electron chi connectivity index (χ3n) is 5.59. The van der Waals surface area contributed by atoms with Gasteiger partial charge in [-0.2, -0.15) is 5.10 Å². The summed E-state index contributed by atoms with van der Waals surface area (Å²) in [7, 11) is 0. The number of anilines is 2. The third-order valence-corrected chi connectivity index (χ3v) is 5.59. The molecule has 2 N–H and O–H groups in total. The van der Waals surface area contributed by atoms with Gasteiger partial charge in [0.2, 0.25) is 5.95 Å². The second-order valence-electron chi connectivity index (χ2n) is 8.13. The number of imidazole rings is 1. The average molecular weight is 476 g/mol. The molecule has 10 nitrogen and oxygen atoms in total. The summed E-state index contributed by atoms with van der Waals surface area (Å²) >= 11 is 0. The Morgan fingerprint density at radius 1 is 0.972 bits per heavy atom. The van der Waals surface area contributed by atoms with Gasteiger partial charge in [0.1, 0.15) is 12.4 Å². The Kier molecular flexibility index (Phi) is 5.73. The van der Waals surface area contributed by atoms with E-state index in [1.165, 1.54) is 0 Å². The fourth-order valence-electron chi connectivity index (χ4n) is 3.89. The van der Waals surface area contributed by atoms with Gasteiger partial charge in [0.25, 0.3) is 0 Å². The van der Waals surface area contributed by atoms with Gasteiger partial charge < -0.3 is 14.6 Å². The lowest BCUT2D eigenvalue weighted by molar-refractivity contribution is 0.302. The summed E-state index contributed by atoms with van der Waals surface area (Å²) in [5.74, 6) is 1.17. The van der Waals surface area contributed by atoms with E-state index in [1.807, 2.05) is 41.2 Å². The van der Waals surface area contributed by atoms with E-state index in [9.17, 15) is 0 Å². The Balaban J connectivity index is 1.29. The number of aromatic amines is 1. The molecule has 0 unspecified atom stereocenters. The number of rotatable bonds is 8. The summed E-state index contributed by atoms with van der Waals surface area (Å²) < 4.78 is 8.17. The molecule has 0 saturated heterocycles. The molecule has 0 amide bonds. The number of fused-ring (bicyclic) bond motifs is 1. The summed E-state index contributed by atoms with van der Waals surface area (Å²) in [5.41, 5.74) is 5.32. The molecule has 0 saturated carbocycles. The highest BCUT2D eigenvalue weighted by molar-refractivity contribution is 5.88. The van der Waals surface area contributed by atoms with E-state index >= 15 is 0 Å². The molecular weight excluding hydrogens is 454 g/mol. The van der Waals surface area contributed by atoms with Crippen LogP contribution in [0.1, 0.15) is 11.3 Å². The van der Waals surface area contributed by atoms with Crippen LogP contribution in [0.2, 0.25) is 0 Å². The Morgan fingerprint density at radius 2 is 1.97 bits per heavy atom. The minimum absolute atomic E-state index is 0.282. The van der Waals surface area contributed by atoms with Crippen molar-refractivity contribution in [3.63, 3.8) is 0 Å². The molecule has 0 spiro atoms. The monoisotopic (exact) mass is 475 g/mol. The van der Waals surface area contributed by atoms with Crippen LogP contribution >= 0.6 is 0 Å². The van der Waals surface area contributed by atoms with E-state index < -0.39 is 0 Å². The largest absolute Gasteiger partial charge is 0.487 e. The average Bonchev–Trinajstić information content (AvgIpc) is 3.63. The van der Waals surface area contributed by atoms with Gasteiger partial charge in [-0.05, 0) is 23.8 Å². The van der Waals surface area contributed by atoms with Crippen LogP contribution in [-0.4, -0.2) is 39.7 Å². The number of nitrogens with zero attached hydrogens (tertiary/aromatic N) is 7. The van der Waals surface area contributed by atoms with E-state index in [0.717, 1.165) is 45.5 Å². The summed E-state index contributed by atoms with van der Waals surface area (Å²) in [6.07, 6.45) is 15.9. The molecule has 0 bridgehead atoms. The van der Waals surface area contributed by atoms with E-state index in [2.05, 4.69) is 47.6 Å². The first-order chi connectivity index (χ1) is 17.8. The topological polar surface area (TPSA) is 119 Å². The molecule has 4 heterocycles. The second-order valence-corrected chi connectivity index (χ2v) is 8.13. The van der Waals surface area contributed by atoms with Crippen LogP contribution < -0.4 is 10.1 Å². The number of H-pyrrole nitrogens is 1. The van der Waals surface area contributed by atoms with Crippen molar-refractivity contribution in [2.75, 3.05) is 5.32 Å². The lowest BCUT2D eigenvalue weighted by atomic mass is 10.1. The van der Waals surface area contributed by atoms with E-state index in [1.54, 1.807) is 43.5 Å². The molecule has 10 heteroatoms. The van der Waals surface area contributed by atoms with Crippen LogP contribution in [0, 0.1) is 0 Å². The van der Waals surface area contributed by atoms with Gasteiger partial charge in [0.15, 0.2) is 0 Å². The number of nitrogens with one attached hydrogen (secondary N) is 2. The molecule has 0 radical (unpaired) electrons. The van der Waals surface area contributed by atoms with Crippen LogP contribution in [0.3, 0.4) is 0 Å². The zero-order chi connectivity index (χ0) is 24.2. The maximum absolute atomic E-state index is 6.15. The van der Waals surface area contributed by atoms with Gasteiger partial charge in [-0.15, -0.1) is 0 Å². The number of hydrogen-bond acceptors (Lipinski definition) is 8. The van der Waals surface area contributed by atoms with Crippen molar-refractivity contribution >= 4 is 22.5 Å². The zero-order valence-corrected chi connectivity index (χ0v) is 19.1. The van der Waals surface area contributed by atoms with Gasteiger partial charge in [-0.1, -0.05) is 12.1 Å². The standard InChI is InChI=1S/C26H21N9O/c1-2-18(15-35-7-6-28-17-35)8-21(3-1)33-26-30-11-19-9-23(20-12-31-32-13-20)25(10-24(19)34-26)36-16-22-14-27-4-5-29-22/h1-14,17H,15-16H2,(H,31,32)(H,30,33,34). The normalized spacial score (nSPS) is 11.0. The van der Waals surface area contributed by atoms with E-state index in [0.29, 0.717) is 11.7 Å². The van der Waals surface area contributed by atoms with Crippen molar-refractivity contribution < 1.29 is 4.74 Å². The number of hydrogen-bond donors (Lipinski definition) is 2. The molecule has 6 rings (SSSR count). The molecular formula is C26H21N9O. The van der Waals surface area contributed by atoms with Gasteiger partial charge in [0.05, 0.1) is 29.9 Å². The fourth-order valence-corrected chi connectivity index (χ4v) is 3.89. The van der Waals surface area contributed by atoms with Crippen LogP contribution in [0.4, 0.5) is 11.6 Å². The minimum atomic E-state index is 0.282. The third kappa shape index (κ3) is 4.73. The Bertz CT molecular complexity index is 1580. The minimum Gasteiger partial charge on any atom is -0.487 e. The van der Waals surface area contributed by atoms with Gasteiger partial charge in [-0.3, -0.25) is 15.1 Å². The fraction of sp³-hybridized carbons (Fsp3) is 0.0769. The zero-order valence-electron chi connectivity index (χ0n) is 19.1. The van der Waals surface area contributed by atoms with Crippen LogP contribution in [0.5, 0.6) is 5.75 Å². The quantitative estimate of drug-likeness (QED) is 0.333. The van der Waals surface area contributed by atoms with Crippen LogP contribution in [-0.2, 0) is 13.2 Å². The first kappa shape index (κ1) is 21.4. The molecule has 6 aromatic rings. The summed E-state index contributed by atoms with van der Waals surface area (Å²) in [6, 6.07) is 12.1. The predicted octanol–water partition coefficient (Wildman–Crippen LogP) is 4.38. The van der Waals surface area contributed by atoms with Crippen molar-refractivity contribution in [3.8, 4) is 16.9 Å². The first-order valence-electron chi connectivity index (χ1n) is 11.3. The maximum Gasteiger partial charge on any atom is 0.227 e. The number of ether oxygens (including phenoxy) is 1. The molecule has 0 fully saturated rings. The smallest absolute Gasteiger partial charge is 0.227 e. The highest BCUT2D eigenvalue weighted by Crippen LogP contribution is 2.34. The van der Waals surface area contributed by atoms with E-state index in [4.69, 9.17) is 9.72 Å². The summed E-state index contributed by atoms with van der Waals surface area (Å²) in [5, 5.41) is 11.1. The molecule has 2 aromatic carbocycles. The van der Waals surface area contributed by atoms with Gasteiger partial charge >= 0.3 is 0 Å². The molecule has 0 aliphatic heterocycles. The molecule has 0 atom stereocenters.